The first-order valence-corrected chi connectivity index (χ1v) is 8.75. The maximum absolute atomic E-state index is 13.6. The zero-order chi connectivity index (χ0) is 21.3. The van der Waals surface area contributed by atoms with Gasteiger partial charge in [-0.1, -0.05) is 0 Å². The molecule has 7 nitrogen and oxygen atoms in total. The fraction of sp³-hybridized carbons (Fsp3) is 0.263. The van der Waals surface area contributed by atoms with Crippen molar-refractivity contribution in [2.75, 3.05) is 11.9 Å². The molecule has 1 aromatic carbocycles. The average Bonchev–Trinajstić information content (AvgIpc) is 3.09. The van der Waals surface area contributed by atoms with Gasteiger partial charge in [-0.15, -0.1) is 0 Å². The van der Waals surface area contributed by atoms with Gasteiger partial charge in [0.25, 0.3) is 5.91 Å². The third-order valence-corrected chi connectivity index (χ3v) is 4.21. The molecule has 29 heavy (non-hydrogen) atoms. The highest BCUT2D eigenvalue weighted by atomic mass is 19.2. The molecule has 0 saturated carbocycles. The van der Waals surface area contributed by atoms with Crippen LogP contribution in [0.3, 0.4) is 0 Å². The second-order valence-corrected chi connectivity index (χ2v) is 6.67. The van der Waals surface area contributed by atoms with Gasteiger partial charge in [-0.2, -0.15) is 5.10 Å². The van der Waals surface area contributed by atoms with Crippen molar-refractivity contribution in [2.45, 2.75) is 26.8 Å². The van der Waals surface area contributed by atoms with Gasteiger partial charge in [-0.3, -0.25) is 9.59 Å². The van der Waals surface area contributed by atoms with E-state index in [1.54, 1.807) is 23.9 Å². The van der Waals surface area contributed by atoms with Gasteiger partial charge in [0.1, 0.15) is 0 Å². The Morgan fingerprint density at radius 2 is 1.90 bits per heavy atom. The topological polar surface area (TPSA) is 88.9 Å². The largest absolute Gasteiger partial charge is 0.343 e. The van der Waals surface area contributed by atoms with Crippen LogP contribution >= 0.6 is 0 Å². The maximum atomic E-state index is 13.6. The van der Waals surface area contributed by atoms with Crippen LogP contribution < -0.4 is 10.6 Å². The number of amides is 2. The van der Waals surface area contributed by atoms with E-state index in [4.69, 9.17) is 0 Å². The Balaban J connectivity index is 1.70. The number of rotatable bonds is 5. The molecule has 152 valence electrons. The molecule has 0 unspecified atom stereocenters. The summed E-state index contributed by atoms with van der Waals surface area (Å²) in [4.78, 5) is 28.8. The lowest BCUT2D eigenvalue weighted by Crippen LogP contribution is -2.33. The fourth-order valence-corrected chi connectivity index (χ4v) is 2.75. The van der Waals surface area contributed by atoms with E-state index in [1.807, 2.05) is 13.8 Å². The zero-order valence-electron chi connectivity index (χ0n) is 15.9. The Hall–Kier alpha value is -3.43. The molecule has 0 aliphatic heterocycles. The Morgan fingerprint density at radius 3 is 2.59 bits per heavy atom. The summed E-state index contributed by atoms with van der Waals surface area (Å²) in [5, 5.41) is 9.39. The zero-order valence-corrected chi connectivity index (χ0v) is 15.9. The molecule has 0 radical (unpaired) electrons. The fourth-order valence-electron chi connectivity index (χ4n) is 2.75. The molecule has 2 heterocycles. The second-order valence-electron chi connectivity index (χ2n) is 6.67. The molecule has 2 aromatic heterocycles. The average molecular weight is 405 g/mol. The summed E-state index contributed by atoms with van der Waals surface area (Å²) in [5.41, 5.74) is 0.821. The second kappa shape index (κ2) is 7.90. The number of hydrogen-bond acceptors (Lipinski definition) is 4. The number of nitrogens with one attached hydrogen (secondary N) is 2. The number of nitrogens with zero attached hydrogens (tertiary/aromatic N) is 3. The first-order chi connectivity index (χ1) is 13.7. The number of carbonyl (C=O) groups is 2. The van der Waals surface area contributed by atoms with Crippen molar-refractivity contribution < 1.29 is 22.8 Å². The van der Waals surface area contributed by atoms with Crippen LogP contribution in [0, 0.1) is 24.4 Å². The van der Waals surface area contributed by atoms with Gasteiger partial charge in [0.2, 0.25) is 5.91 Å². The van der Waals surface area contributed by atoms with Crippen molar-refractivity contribution in [3.63, 3.8) is 0 Å². The van der Waals surface area contributed by atoms with Gasteiger partial charge in [0.05, 0.1) is 29.7 Å². The third kappa shape index (κ3) is 4.05. The summed E-state index contributed by atoms with van der Waals surface area (Å²) in [6.45, 7) is 5.07. The molecule has 2 N–H and O–H groups in total. The van der Waals surface area contributed by atoms with Gasteiger partial charge in [0, 0.05) is 11.4 Å². The van der Waals surface area contributed by atoms with E-state index in [0.29, 0.717) is 22.8 Å². The Labute approximate surface area is 163 Å². The van der Waals surface area contributed by atoms with Crippen LogP contribution in [0.5, 0.6) is 0 Å². The van der Waals surface area contributed by atoms with Crippen molar-refractivity contribution in [2.24, 2.45) is 0 Å². The van der Waals surface area contributed by atoms with Gasteiger partial charge in [-0.05, 0) is 39.0 Å². The quantitative estimate of drug-likeness (QED) is 0.639. The standard InChI is InChI=1S/C19H18F3N5O2/c1-9(2)27-18-11(7-24-27)6-12(10(3)25-18)19(29)23-8-15(28)26-14-5-4-13(20)16(21)17(14)22/h4-7,9H,8H2,1-3H3,(H,23,29)(H,26,28). The van der Waals surface area contributed by atoms with Crippen LogP contribution in [0.25, 0.3) is 11.0 Å². The molecule has 0 aliphatic carbocycles. The van der Waals surface area contributed by atoms with Crippen LogP contribution in [0.2, 0.25) is 0 Å². The number of aryl methyl sites for hydroxylation is 1. The normalized spacial score (nSPS) is 11.1. The number of anilines is 1. The first-order valence-electron chi connectivity index (χ1n) is 8.75. The van der Waals surface area contributed by atoms with E-state index >= 15 is 0 Å². The number of carbonyl (C=O) groups excluding carboxylic acids is 2. The molecular formula is C19H18F3N5O2. The highest BCUT2D eigenvalue weighted by molar-refractivity contribution is 6.01. The van der Waals surface area contributed by atoms with Crippen LogP contribution in [-0.4, -0.2) is 33.1 Å². The molecule has 3 rings (SSSR count). The van der Waals surface area contributed by atoms with Crippen LogP contribution in [-0.2, 0) is 4.79 Å². The summed E-state index contributed by atoms with van der Waals surface area (Å²) < 4.78 is 41.5. The van der Waals surface area contributed by atoms with Crippen molar-refractivity contribution in [1.82, 2.24) is 20.1 Å². The van der Waals surface area contributed by atoms with Gasteiger partial charge < -0.3 is 10.6 Å². The number of benzene rings is 1. The summed E-state index contributed by atoms with van der Waals surface area (Å²) in [7, 11) is 0. The minimum atomic E-state index is -1.69. The molecule has 0 saturated heterocycles. The van der Waals surface area contributed by atoms with E-state index in [-0.39, 0.29) is 11.6 Å². The third-order valence-electron chi connectivity index (χ3n) is 4.21. The summed E-state index contributed by atoms with van der Waals surface area (Å²) in [6, 6.07) is 3.29. The van der Waals surface area contributed by atoms with E-state index in [0.717, 1.165) is 6.07 Å². The maximum Gasteiger partial charge on any atom is 0.253 e. The van der Waals surface area contributed by atoms with E-state index in [1.165, 1.54) is 0 Å². The summed E-state index contributed by atoms with van der Waals surface area (Å²) in [6.07, 6.45) is 1.59. The Morgan fingerprint density at radius 1 is 1.17 bits per heavy atom. The number of halogens is 3. The Bertz CT molecular complexity index is 1110. The SMILES string of the molecule is Cc1nc2c(cnn2C(C)C)cc1C(=O)NCC(=O)Nc1ccc(F)c(F)c1F. The molecule has 2 amide bonds. The molecule has 3 aromatic rings. The van der Waals surface area contributed by atoms with Crippen molar-refractivity contribution in [3.05, 3.63) is 53.1 Å². The number of aromatic nitrogens is 3. The smallest absolute Gasteiger partial charge is 0.253 e. The molecule has 0 spiro atoms. The first kappa shape index (κ1) is 20.3. The monoisotopic (exact) mass is 405 g/mol. The number of pyridine rings is 1. The molecule has 0 bridgehead atoms. The van der Waals surface area contributed by atoms with E-state index < -0.39 is 41.5 Å². The lowest BCUT2D eigenvalue weighted by Gasteiger charge is -2.10. The lowest BCUT2D eigenvalue weighted by molar-refractivity contribution is -0.115. The molecule has 0 fully saturated rings. The van der Waals surface area contributed by atoms with Crippen molar-refractivity contribution >= 4 is 28.5 Å². The van der Waals surface area contributed by atoms with Gasteiger partial charge in [-0.25, -0.2) is 22.8 Å². The summed E-state index contributed by atoms with van der Waals surface area (Å²) >= 11 is 0. The van der Waals surface area contributed by atoms with Crippen molar-refractivity contribution in [1.29, 1.82) is 0 Å². The number of hydrogen-bond donors (Lipinski definition) is 2. The highest BCUT2D eigenvalue weighted by Gasteiger charge is 2.18. The van der Waals surface area contributed by atoms with Gasteiger partial charge in [0.15, 0.2) is 23.1 Å². The van der Waals surface area contributed by atoms with Crippen LogP contribution in [0.4, 0.5) is 18.9 Å². The van der Waals surface area contributed by atoms with Crippen molar-refractivity contribution in [3.8, 4) is 0 Å². The summed E-state index contributed by atoms with van der Waals surface area (Å²) in [5.74, 6) is -5.94. The molecular weight excluding hydrogens is 387 g/mol. The molecule has 0 atom stereocenters. The van der Waals surface area contributed by atoms with Gasteiger partial charge >= 0.3 is 0 Å². The van der Waals surface area contributed by atoms with Crippen LogP contribution in [0.1, 0.15) is 35.9 Å². The molecule has 0 aliphatic rings. The Kier molecular flexibility index (Phi) is 5.53. The predicted molar refractivity (Wildman–Crippen MR) is 99.9 cm³/mol. The van der Waals surface area contributed by atoms with E-state index in [9.17, 15) is 22.8 Å². The molecule has 10 heteroatoms. The highest BCUT2D eigenvalue weighted by Crippen LogP contribution is 2.20. The minimum Gasteiger partial charge on any atom is -0.343 e. The lowest BCUT2D eigenvalue weighted by atomic mass is 10.1. The van der Waals surface area contributed by atoms with E-state index in [2.05, 4.69) is 20.7 Å². The minimum absolute atomic E-state index is 0.0967. The predicted octanol–water partition coefficient (Wildman–Crippen LogP) is 3.11. The number of fused-ring (bicyclic) bond motifs is 1. The van der Waals surface area contributed by atoms with Crippen LogP contribution in [0.15, 0.2) is 24.4 Å².